The van der Waals surface area contributed by atoms with Gasteiger partial charge in [-0.05, 0) is 63.0 Å². The van der Waals surface area contributed by atoms with E-state index in [0.717, 1.165) is 32.1 Å². The molecule has 0 bridgehead atoms. The largest absolute Gasteiger partial charge is 0.481 e. The first kappa shape index (κ1) is 16.8. The number of carboxylic acids is 1. The molecule has 130 valence electrons. The van der Waals surface area contributed by atoms with E-state index in [1.165, 1.54) is 16.7 Å². The molecule has 0 heterocycles. The molecular formula is C19H26N2O3. The highest BCUT2D eigenvalue weighted by Crippen LogP contribution is 2.30. The van der Waals surface area contributed by atoms with Gasteiger partial charge in [-0.2, -0.15) is 0 Å². The van der Waals surface area contributed by atoms with Crippen molar-refractivity contribution < 1.29 is 14.7 Å². The predicted molar refractivity (Wildman–Crippen MR) is 91.9 cm³/mol. The van der Waals surface area contributed by atoms with Crippen molar-refractivity contribution in [1.29, 1.82) is 0 Å². The first-order valence-corrected chi connectivity index (χ1v) is 8.92. The number of hydrogen-bond donors (Lipinski definition) is 3. The van der Waals surface area contributed by atoms with E-state index in [-0.39, 0.29) is 24.0 Å². The molecule has 2 aliphatic rings. The Balaban J connectivity index is 1.55. The lowest BCUT2D eigenvalue weighted by Gasteiger charge is -2.30. The molecule has 5 heteroatoms. The molecule has 0 spiro atoms. The molecule has 3 N–H and O–H groups in total. The minimum Gasteiger partial charge on any atom is -0.481 e. The number of benzene rings is 1. The number of aryl methyl sites for hydroxylation is 2. The molecule has 24 heavy (non-hydrogen) atoms. The fraction of sp³-hybridized carbons (Fsp3) is 0.579. The van der Waals surface area contributed by atoms with Crippen molar-refractivity contribution in [2.24, 2.45) is 5.92 Å². The number of rotatable bonds is 3. The molecule has 0 radical (unpaired) electrons. The van der Waals surface area contributed by atoms with Gasteiger partial charge >= 0.3 is 12.0 Å². The van der Waals surface area contributed by atoms with Crippen LogP contribution >= 0.6 is 0 Å². The van der Waals surface area contributed by atoms with E-state index in [2.05, 4.69) is 35.8 Å². The van der Waals surface area contributed by atoms with Gasteiger partial charge in [-0.25, -0.2) is 4.79 Å². The van der Waals surface area contributed by atoms with E-state index >= 15 is 0 Å². The van der Waals surface area contributed by atoms with Crippen LogP contribution in [0.15, 0.2) is 18.2 Å². The topological polar surface area (TPSA) is 78.4 Å². The maximum atomic E-state index is 12.4. The Morgan fingerprint density at radius 2 is 1.83 bits per heavy atom. The third-order valence-corrected chi connectivity index (χ3v) is 5.33. The van der Waals surface area contributed by atoms with Crippen LogP contribution in [0.2, 0.25) is 0 Å². The first-order valence-electron chi connectivity index (χ1n) is 8.92. The van der Waals surface area contributed by atoms with Crippen LogP contribution < -0.4 is 10.6 Å². The SMILES string of the molecule is Cc1ccc2c(c1)[C@@H](NC(=O)NC1CCC(C(=O)O)CC1)CCC2. The maximum Gasteiger partial charge on any atom is 0.315 e. The number of fused-ring (bicyclic) bond motifs is 1. The van der Waals surface area contributed by atoms with Crippen LogP contribution in [0.25, 0.3) is 0 Å². The van der Waals surface area contributed by atoms with Gasteiger partial charge in [-0.3, -0.25) is 4.79 Å². The van der Waals surface area contributed by atoms with Crippen LogP contribution in [0.3, 0.4) is 0 Å². The van der Waals surface area contributed by atoms with Gasteiger partial charge in [0.25, 0.3) is 0 Å². The molecule has 1 fully saturated rings. The Morgan fingerprint density at radius 3 is 2.54 bits per heavy atom. The smallest absolute Gasteiger partial charge is 0.315 e. The van der Waals surface area contributed by atoms with Crippen molar-refractivity contribution in [3.63, 3.8) is 0 Å². The number of carboxylic acid groups (broad SMARTS) is 1. The summed E-state index contributed by atoms with van der Waals surface area (Å²) in [5, 5.41) is 15.2. The number of urea groups is 1. The van der Waals surface area contributed by atoms with Crippen LogP contribution in [0.5, 0.6) is 0 Å². The molecule has 0 saturated heterocycles. The maximum absolute atomic E-state index is 12.4. The van der Waals surface area contributed by atoms with Crippen molar-refractivity contribution >= 4 is 12.0 Å². The van der Waals surface area contributed by atoms with E-state index in [0.29, 0.717) is 12.8 Å². The number of nitrogens with one attached hydrogen (secondary N) is 2. The standard InChI is InChI=1S/C19H26N2O3/c1-12-5-6-13-3-2-4-17(16(13)11-12)21-19(24)20-15-9-7-14(8-10-15)18(22)23/h5-6,11,14-15,17H,2-4,7-10H2,1H3,(H,22,23)(H2,20,21,24)/t14?,15?,17-/m0/s1. The number of aliphatic carboxylic acids is 1. The minimum absolute atomic E-state index is 0.0732. The fourth-order valence-electron chi connectivity index (χ4n) is 3.94. The second-order valence-corrected chi connectivity index (χ2v) is 7.15. The number of carbonyl (C=O) groups excluding carboxylic acids is 1. The van der Waals surface area contributed by atoms with E-state index in [1.54, 1.807) is 0 Å². The van der Waals surface area contributed by atoms with Crippen LogP contribution in [-0.4, -0.2) is 23.1 Å². The third-order valence-electron chi connectivity index (χ3n) is 5.33. The lowest BCUT2D eigenvalue weighted by Crippen LogP contribution is -2.45. The number of amides is 2. The molecule has 3 rings (SSSR count). The van der Waals surface area contributed by atoms with Crippen molar-refractivity contribution in [2.75, 3.05) is 0 Å². The summed E-state index contributed by atoms with van der Waals surface area (Å²) in [6, 6.07) is 6.50. The van der Waals surface area contributed by atoms with Gasteiger partial charge in [0.15, 0.2) is 0 Å². The van der Waals surface area contributed by atoms with Crippen molar-refractivity contribution in [3.8, 4) is 0 Å². The summed E-state index contributed by atoms with van der Waals surface area (Å²) in [5.41, 5.74) is 3.79. The molecule has 5 nitrogen and oxygen atoms in total. The zero-order chi connectivity index (χ0) is 17.1. The van der Waals surface area contributed by atoms with Crippen molar-refractivity contribution in [2.45, 2.75) is 64.0 Å². The minimum atomic E-state index is -0.716. The van der Waals surface area contributed by atoms with Crippen molar-refractivity contribution in [1.82, 2.24) is 10.6 Å². The van der Waals surface area contributed by atoms with E-state index in [4.69, 9.17) is 5.11 Å². The Labute approximate surface area is 142 Å². The Hall–Kier alpha value is -2.04. The molecule has 1 saturated carbocycles. The van der Waals surface area contributed by atoms with Gasteiger partial charge in [0.2, 0.25) is 0 Å². The van der Waals surface area contributed by atoms with Crippen LogP contribution in [-0.2, 0) is 11.2 Å². The molecule has 0 unspecified atom stereocenters. The molecule has 1 aromatic carbocycles. The fourth-order valence-corrected chi connectivity index (χ4v) is 3.94. The van der Waals surface area contributed by atoms with Crippen LogP contribution in [0.1, 0.15) is 61.3 Å². The zero-order valence-electron chi connectivity index (χ0n) is 14.2. The van der Waals surface area contributed by atoms with E-state index in [1.807, 2.05) is 0 Å². The van der Waals surface area contributed by atoms with Gasteiger partial charge in [0, 0.05) is 6.04 Å². The summed E-state index contributed by atoms with van der Waals surface area (Å²) < 4.78 is 0. The summed E-state index contributed by atoms with van der Waals surface area (Å²) >= 11 is 0. The zero-order valence-corrected chi connectivity index (χ0v) is 14.2. The Morgan fingerprint density at radius 1 is 1.08 bits per heavy atom. The Kier molecular flexibility index (Phi) is 5.07. The number of hydrogen-bond acceptors (Lipinski definition) is 2. The predicted octanol–water partition coefficient (Wildman–Crippen LogP) is 3.32. The van der Waals surface area contributed by atoms with Gasteiger partial charge in [-0.1, -0.05) is 23.8 Å². The highest BCUT2D eigenvalue weighted by atomic mass is 16.4. The van der Waals surface area contributed by atoms with Crippen LogP contribution in [0.4, 0.5) is 4.79 Å². The van der Waals surface area contributed by atoms with Crippen LogP contribution in [0, 0.1) is 12.8 Å². The summed E-state index contributed by atoms with van der Waals surface area (Å²) in [7, 11) is 0. The Bertz CT molecular complexity index is 621. The molecule has 2 amide bonds. The highest BCUT2D eigenvalue weighted by Gasteiger charge is 2.28. The summed E-state index contributed by atoms with van der Waals surface area (Å²) in [5.74, 6) is -0.966. The normalized spacial score (nSPS) is 26.3. The monoisotopic (exact) mass is 330 g/mol. The lowest BCUT2D eigenvalue weighted by atomic mass is 9.86. The average molecular weight is 330 g/mol. The quantitative estimate of drug-likeness (QED) is 0.795. The van der Waals surface area contributed by atoms with Gasteiger partial charge in [0.05, 0.1) is 12.0 Å². The molecule has 0 aromatic heterocycles. The van der Waals surface area contributed by atoms with Gasteiger partial charge in [-0.15, -0.1) is 0 Å². The van der Waals surface area contributed by atoms with E-state index in [9.17, 15) is 9.59 Å². The summed E-state index contributed by atoms with van der Waals surface area (Å²) in [6.45, 7) is 2.08. The number of carbonyl (C=O) groups is 2. The first-order chi connectivity index (χ1) is 11.5. The molecule has 1 atom stereocenters. The van der Waals surface area contributed by atoms with E-state index < -0.39 is 5.97 Å². The summed E-state index contributed by atoms with van der Waals surface area (Å²) in [6.07, 6.45) is 5.90. The molecule has 0 aliphatic heterocycles. The highest BCUT2D eigenvalue weighted by molar-refractivity contribution is 5.75. The van der Waals surface area contributed by atoms with Gasteiger partial charge in [0.1, 0.15) is 0 Å². The molecule has 1 aromatic rings. The second kappa shape index (κ2) is 7.24. The van der Waals surface area contributed by atoms with Crippen molar-refractivity contribution in [3.05, 3.63) is 34.9 Å². The summed E-state index contributed by atoms with van der Waals surface area (Å²) in [4.78, 5) is 23.3. The second-order valence-electron chi connectivity index (χ2n) is 7.15. The molecule has 2 aliphatic carbocycles. The third kappa shape index (κ3) is 3.89. The lowest BCUT2D eigenvalue weighted by molar-refractivity contribution is -0.142. The van der Waals surface area contributed by atoms with Gasteiger partial charge < -0.3 is 15.7 Å². The molecular weight excluding hydrogens is 304 g/mol. The average Bonchev–Trinajstić information content (AvgIpc) is 2.56.